The standard InChI is InChI=1S/C23H27N3O3S/c1-16-7-8-18(13-17(16)2)26-22(28)20-5-3-4-6-21(20)24-23(26)30-15-19(27)14-25-9-11-29-12-10-25/h3-8,13,19,27H,9-12,14-15H2,1-2H3/t19-/m1/s1. The minimum absolute atomic E-state index is 0.0889. The summed E-state index contributed by atoms with van der Waals surface area (Å²) in [6, 6.07) is 13.4. The molecule has 2 aromatic carbocycles. The second-order valence-corrected chi connectivity index (χ2v) is 8.69. The number of ether oxygens (including phenoxy) is 1. The maximum absolute atomic E-state index is 13.3. The highest BCUT2D eigenvalue weighted by Gasteiger charge is 2.18. The van der Waals surface area contributed by atoms with E-state index in [4.69, 9.17) is 9.72 Å². The summed E-state index contributed by atoms with van der Waals surface area (Å²) in [5.74, 6) is 0.465. The highest BCUT2D eigenvalue weighted by Crippen LogP contribution is 2.23. The first kappa shape index (κ1) is 21.1. The van der Waals surface area contributed by atoms with Gasteiger partial charge in [-0.1, -0.05) is 30.0 Å². The van der Waals surface area contributed by atoms with Gasteiger partial charge in [-0.3, -0.25) is 14.3 Å². The summed E-state index contributed by atoms with van der Waals surface area (Å²) < 4.78 is 7.04. The number of hydrogen-bond donors (Lipinski definition) is 1. The first-order valence-corrected chi connectivity index (χ1v) is 11.2. The molecule has 158 valence electrons. The van der Waals surface area contributed by atoms with Gasteiger partial charge in [-0.05, 0) is 49.2 Å². The Morgan fingerprint density at radius 2 is 1.90 bits per heavy atom. The number of hydrogen-bond acceptors (Lipinski definition) is 6. The lowest BCUT2D eigenvalue weighted by molar-refractivity contribution is 0.0188. The summed E-state index contributed by atoms with van der Waals surface area (Å²) in [6.45, 7) is 7.77. The zero-order valence-corrected chi connectivity index (χ0v) is 18.2. The van der Waals surface area contributed by atoms with E-state index in [9.17, 15) is 9.90 Å². The molecule has 7 heteroatoms. The molecule has 1 aliphatic heterocycles. The lowest BCUT2D eigenvalue weighted by atomic mass is 10.1. The topological polar surface area (TPSA) is 67.6 Å². The van der Waals surface area contributed by atoms with E-state index in [0.29, 0.717) is 41.6 Å². The number of thioether (sulfide) groups is 1. The summed E-state index contributed by atoms with van der Waals surface area (Å²) in [4.78, 5) is 20.3. The van der Waals surface area contributed by atoms with E-state index in [1.807, 2.05) is 49.4 Å². The van der Waals surface area contributed by atoms with Crippen molar-refractivity contribution in [1.82, 2.24) is 14.5 Å². The Morgan fingerprint density at radius 1 is 1.13 bits per heavy atom. The second-order valence-electron chi connectivity index (χ2n) is 7.70. The van der Waals surface area contributed by atoms with E-state index < -0.39 is 6.10 Å². The molecule has 0 bridgehead atoms. The fraction of sp³-hybridized carbons (Fsp3) is 0.391. The van der Waals surface area contributed by atoms with Crippen LogP contribution in [0.3, 0.4) is 0 Å². The maximum atomic E-state index is 13.3. The van der Waals surface area contributed by atoms with Gasteiger partial charge in [0.25, 0.3) is 5.56 Å². The molecule has 1 aliphatic rings. The number of aliphatic hydroxyl groups excluding tert-OH is 1. The first-order valence-electron chi connectivity index (χ1n) is 10.2. The molecule has 3 aromatic rings. The minimum Gasteiger partial charge on any atom is -0.391 e. The van der Waals surface area contributed by atoms with Crippen LogP contribution in [0.4, 0.5) is 0 Å². The molecule has 0 spiro atoms. The van der Waals surface area contributed by atoms with E-state index in [1.54, 1.807) is 4.57 Å². The minimum atomic E-state index is -0.510. The van der Waals surface area contributed by atoms with Crippen molar-refractivity contribution in [2.75, 3.05) is 38.6 Å². The third-order valence-electron chi connectivity index (χ3n) is 5.47. The summed E-state index contributed by atoms with van der Waals surface area (Å²) >= 11 is 1.42. The van der Waals surface area contributed by atoms with Crippen LogP contribution in [0.5, 0.6) is 0 Å². The number of aryl methyl sites for hydroxylation is 2. The van der Waals surface area contributed by atoms with Crippen LogP contribution in [-0.4, -0.2) is 64.3 Å². The van der Waals surface area contributed by atoms with Gasteiger partial charge in [-0.2, -0.15) is 0 Å². The largest absolute Gasteiger partial charge is 0.391 e. The quantitative estimate of drug-likeness (QED) is 0.484. The van der Waals surface area contributed by atoms with E-state index in [-0.39, 0.29) is 5.56 Å². The molecule has 6 nitrogen and oxygen atoms in total. The van der Waals surface area contributed by atoms with Gasteiger partial charge in [0.15, 0.2) is 5.16 Å². The van der Waals surface area contributed by atoms with Crippen molar-refractivity contribution in [3.63, 3.8) is 0 Å². The van der Waals surface area contributed by atoms with Crippen LogP contribution in [0.1, 0.15) is 11.1 Å². The van der Waals surface area contributed by atoms with Crippen molar-refractivity contribution in [1.29, 1.82) is 0 Å². The molecule has 1 saturated heterocycles. The van der Waals surface area contributed by atoms with Crippen LogP contribution in [0.15, 0.2) is 52.4 Å². The number of aromatic nitrogens is 2. The molecular weight excluding hydrogens is 398 g/mol. The number of β-amino-alcohol motifs (C(OH)–C–C–N with tert-alkyl or cyclic N) is 1. The van der Waals surface area contributed by atoms with Gasteiger partial charge in [0, 0.05) is 25.4 Å². The lowest BCUT2D eigenvalue weighted by Gasteiger charge is -2.28. The van der Waals surface area contributed by atoms with Crippen LogP contribution >= 0.6 is 11.8 Å². The Balaban J connectivity index is 1.65. The van der Waals surface area contributed by atoms with Crippen LogP contribution < -0.4 is 5.56 Å². The zero-order chi connectivity index (χ0) is 21.1. The Bertz CT molecular complexity index is 1090. The van der Waals surface area contributed by atoms with Crippen LogP contribution in [0, 0.1) is 13.8 Å². The number of morpholine rings is 1. The highest BCUT2D eigenvalue weighted by molar-refractivity contribution is 7.99. The fourth-order valence-electron chi connectivity index (χ4n) is 3.61. The second kappa shape index (κ2) is 9.31. The Kier molecular flexibility index (Phi) is 6.53. The SMILES string of the molecule is Cc1ccc(-n2c(SC[C@H](O)CN3CCOCC3)nc3ccccc3c2=O)cc1C. The van der Waals surface area contributed by atoms with E-state index in [1.165, 1.54) is 17.3 Å². The van der Waals surface area contributed by atoms with Crippen molar-refractivity contribution >= 4 is 22.7 Å². The molecule has 0 amide bonds. The number of fused-ring (bicyclic) bond motifs is 1. The molecular formula is C23H27N3O3S. The maximum Gasteiger partial charge on any atom is 0.266 e. The molecule has 1 atom stereocenters. The normalized spacial score (nSPS) is 16.1. The molecule has 2 heterocycles. The smallest absolute Gasteiger partial charge is 0.266 e. The molecule has 4 rings (SSSR count). The first-order chi connectivity index (χ1) is 14.5. The molecule has 1 N–H and O–H groups in total. The fourth-order valence-corrected chi connectivity index (χ4v) is 4.53. The number of rotatable bonds is 6. The summed E-state index contributed by atoms with van der Waals surface area (Å²) in [5, 5.41) is 11.8. The number of para-hydroxylation sites is 1. The van der Waals surface area contributed by atoms with Crippen molar-refractivity contribution in [2.24, 2.45) is 0 Å². The van der Waals surface area contributed by atoms with Gasteiger partial charge in [0.2, 0.25) is 0 Å². The summed E-state index contributed by atoms with van der Waals surface area (Å²) in [6.07, 6.45) is -0.510. The third kappa shape index (κ3) is 4.59. The van der Waals surface area contributed by atoms with Crippen LogP contribution in [-0.2, 0) is 4.74 Å². The van der Waals surface area contributed by atoms with Gasteiger partial charge in [-0.25, -0.2) is 4.98 Å². The number of benzene rings is 2. The predicted molar refractivity (Wildman–Crippen MR) is 121 cm³/mol. The lowest BCUT2D eigenvalue weighted by Crippen LogP contribution is -2.41. The van der Waals surface area contributed by atoms with E-state index in [2.05, 4.69) is 11.8 Å². The Hall–Kier alpha value is -2.19. The number of nitrogens with zero attached hydrogens (tertiary/aromatic N) is 3. The molecule has 1 fully saturated rings. The summed E-state index contributed by atoms with van der Waals surface area (Å²) in [7, 11) is 0. The van der Waals surface area contributed by atoms with Crippen molar-refractivity contribution in [3.8, 4) is 5.69 Å². The van der Waals surface area contributed by atoms with E-state index in [0.717, 1.165) is 24.3 Å². The van der Waals surface area contributed by atoms with E-state index >= 15 is 0 Å². The molecule has 30 heavy (non-hydrogen) atoms. The molecule has 0 unspecified atom stereocenters. The van der Waals surface area contributed by atoms with Gasteiger partial charge in [0.1, 0.15) is 0 Å². The third-order valence-corrected chi connectivity index (χ3v) is 6.55. The molecule has 0 radical (unpaired) electrons. The van der Waals surface area contributed by atoms with Gasteiger partial charge in [-0.15, -0.1) is 0 Å². The van der Waals surface area contributed by atoms with Gasteiger partial charge in [0.05, 0.1) is 35.9 Å². The summed E-state index contributed by atoms with van der Waals surface area (Å²) in [5.41, 5.74) is 3.68. The average Bonchev–Trinajstić information content (AvgIpc) is 2.75. The van der Waals surface area contributed by atoms with Crippen molar-refractivity contribution in [3.05, 3.63) is 63.9 Å². The monoisotopic (exact) mass is 425 g/mol. The Labute approximate surface area is 180 Å². The highest BCUT2D eigenvalue weighted by atomic mass is 32.2. The zero-order valence-electron chi connectivity index (χ0n) is 17.4. The van der Waals surface area contributed by atoms with Crippen molar-refractivity contribution < 1.29 is 9.84 Å². The van der Waals surface area contributed by atoms with Crippen LogP contribution in [0.2, 0.25) is 0 Å². The van der Waals surface area contributed by atoms with Gasteiger partial charge >= 0.3 is 0 Å². The molecule has 0 aliphatic carbocycles. The molecule has 0 saturated carbocycles. The Morgan fingerprint density at radius 3 is 2.67 bits per heavy atom. The van der Waals surface area contributed by atoms with Crippen molar-refractivity contribution in [2.45, 2.75) is 25.1 Å². The molecule has 1 aromatic heterocycles. The number of aliphatic hydroxyl groups is 1. The van der Waals surface area contributed by atoms with Gasteiger partial charge < -0.3 is 9.84 Å². The average molecular weight is 426 g/mol. The van der Waals surface area contributed by atoms with Crippen LogP contribution in [0.25, 0.3) is 16.6 Å². The predicted octanol–water partition coefficient (Wildman–Crippen LogP) is 2.79.